The van der Waals surface area contributed by atoms with E-state index in [0.717, 1.165) is 17.7 Å². The van der Waals surface area contributed by atoms with E-state index in [-0.39, 0.29) is 18.4 Å². The molecule has 1 N–H and O–H groups in total. The van der Waals surface area contributed by atoms with Gasteiger partial charge in [0.1, 0.15) is 6.54 Å². The Morgan fingerprint density at radius 2 is 2.17 bits per heavy atom. The van der Waals surface area contributed by atoms with Gasteiger partial charge in [0.05, 0.1) is 0 Å². The molecule has 1 aromatic carbocycles. The van der Waals surface area contributed by atoms with Gasteiger partial charge in [-0.15, -0.1) is 6.58 Å². The molecule has 2 rings (SSSR count). The number of carbonyl (C=O) groups excluding carboxylic acids is 2. The molecule has 2 amide bonds. The molecule has 1 aliphatic rings. The Hall–Kier alpha value is -2.10. The number of carbonyl (C=O) groups is 2. The summed E-state index contributed by atoms with van der Waals surface area (Å²) in [6, 6.07) is 7.71. The zero-order valence-corrected chi connectivity index (χ0v) is 10.2. The fraction of sp³-hybridized carbons (Fsp3) is 0.286. The molecule has 1 heterocycles. The molecule has 94 valence electrons. The number of para-hydroxylation sites is 1. The molecule has 0 atom stereocenters. The van der Waals surface area contributed by atoms with Crippen LogP contribution in [0, 0.1) is 0 Å². The largest absolute Gasteiger partial charge is 0.351 e. The maximum Gasteiger partial charge on any atom is 0.240 e. The molecule has 1 aromatic rings. The van der Waals surface area contributed by atoms with E-state index in [1.165, 1.54) is 0 Å². The standard InChI is InChI=1S/C14H16N2O2/c1-2-9-15-13(17)10-16-12-6-4-3-5-11(12)7-8-14(16)18/h2-6H,1,7-10H2,(H,15,17). The number of nitrogens with zero attached hydrogens (tertiary/aromatic N) is 1. The number of nitrogens with one attached hydrogen (secondary N) is 1. The molecule has 0 fully saturated rings. The van der Waals surface area contributed by atoms with Crippen LogP contribution in [0.25, 0.3) is 0 Å². The first-order valence-electron chi connectivity index (χ1n) is 5.98. The van der Waals surface area contributed by atoms with Crippen molar-refractivity contribution in [2.75, 3.05) is 18.0 Å². The summed E-state index contributed by atoms with van der Waals surface area (Å²) in [5.74, 6) is -0.164. The van der Waals surface area contributed by atoms with E-state index < -0.39 is 0 Å². The fourth-order valence-electron chi connectivity index (χ4n) is 2.06. The van der Waals surface area contributed by atoms with Crippen LogP contribution in [0.3, 0.4) is 0 Å². The molecule has 18 heavy (non-hydrogen) atoms. The molecule has 0 saturated carbocycles. The first kappa shape index (κ1) is 12.4. The van der Waals surface area contributed by atoms with Crippen molar-refractivity contribution in [1.82, 2.24) is 5.32 Å². The number of hydrogen-bond acceptors (Lipinski definition) is 2. The summed E-state index contributed by atoms with van der Waals surface area (Å²) in [4.78, 5) is 25.1. The van der Waals surface area contributed by atoms with Crippen LogP contribution < -0.4 is 10.2 Å². The zero-order valence-electron chi connectivity index (χ0n) is 10.2. The second kappa shape index (κ2) is 5.49. The van der Waals surface area contributed by atoms with Crippen molar-refractivity contribution in [3.63, 3.8) is 0 Å². The van der Waals surface area contributed by atoms with E-state index in [1.807, 2.05) is 24.3 Å². The summed E-state index contributed by atoms with van der Waals surface area (Å²) < 4.78 is 0. The molecule has 1 aliphatic heterocycles. The number of anilines is 1. The summed E-state index contributed by atoms with van der Waals surface area (Å²) in [5.41, 5.74) is 1.97. The van der Waals surface area contributed by atoms with Gasteiger partial charge in [0.2, 0.25) is 11.8 Å². The Balaban J connectivity index is 2.14. The average Bonchev–Trinajstić information content (AvgIpc) is 2.40. The lowest BCUT2D eigenvalue weighted by Crippen LogP contribution is -2.43. The van der Waals surface area contributed by atoms with E-state index in [0.29, 0.717) is 13.0 Å². The summed E-state index contributed by atoms with van der Waals surface area (Å²) in [6.07, 6.45) is 2.83. The number of fused-ring (bicyclic) bond motifs is 1. The molecule has 0 aromatic heterocycles. The Labute approximate surface area is 106 Å². The third kappa shape index (κ3) is 2.59. The molecule has 0 aliphatic carbocycles. The Morgan fingerprint density at radius 3 is 2.94 bits per heavy atom. The van der Waals surface area contributed by atoms with E-state index in [1.54, 1.807) is 11.0 Å². The lowest BCUT2D eigenvalue weighted by molar-refractivity contribution is -0.123. The van der Waals surface area contributed by atoms with Gasteiger partial charge in [-0.1, -0.05) is 24.3 Å². The normalized spacial score (nSPS) is 14.0. The van der Waals surface area contributed by atoms with Crippen molar-refractivity contribution in [2.45, 2.75) is 12.8 Å². The number of aryl methyl sites for hydroxylation is 1. The van der Waals surface area contributed by atoms with Crippen molar-refractivity contribution in [2.24, 2.45) is 0 Å². The lowest BCUT2D eigenvalue weighted by Gasteiger charge is -2.28. The second-order valence-corrected chi connectivity index (χ2v) is 4.20. The predicted molar refractivity (Wildman–Crippen MR) is 70.3 cm³/mol. The van der Waals surface area contributed by atoms with Crippen LogP contribution in [0.1, 0.15) is 12.0 Å². The number of hydrogen-bond donors (Lipinski definition) is 1. The van der Waals surface area contributed by atoms with Gasteiger partial charge in [0.15, 0.2) is 0 Å². The third-order valence-electron chi connectivity index (χ3n) is 2.94. The first-order valence-corrected chi connectivity index (χ1v) is 5.98. The van der Waals surface area contributed by atoms with E-state index in [2.05, 4.69) is 11.9 Å². The smallest absolute Gasteiger partial charge is 0.240 e. The summed E-state index contributed by atoms with van der Waals surface area (Å²) in [5, 5.41) is 2.68. The van der Waals surface area contributed by atoms with Crippen molar-refractivity contribution < 1.29 is 9.59 Å². The number of benzene rings is 1. The maximum absolute atomic E-state index is 11.9. The molecule has 4 heteroatoms. The van der Waals surface area contributed by atoms with Gasteiger partial charge < -0.3 is 10.2 Å². The minimum atomic E-state index is -0.167. The number of rotatable bonds is 4. The van der Waals surface area contributed by atoms with Gasteiger partial charge in [-0.05, 0) is 18.1 Å². The topological polar surface area (TPSA) is 49.4 Å². The van der Waals surface area contributed by atoms with E-state index in [9.17, 15) is 9.59 Å². The SMILES string of the molecule is C=CCNC(=O)CN1C(=O)CCc2ccccc21. The quantitative estimate of drug-likeness (QED) is 0.811. The molecular weight excluding hydrogens is 228 g/mol. The molecule has 0 spiro atoms. The third-order valence-corrected chi connectivity index (χ3v) is 2.94. The Morgan fingerprint density at radius 1 is 1.39 bits per heavy atom. The van der Waals surface area contributed by atoms with Gasteiger partial charge in [-0.25, -0.2) is 0 Å². The van der Waals surface area contributed by atoms with Gasteiger partial charge in [0.25, 0.3) is 0 Å². The van der Waals surface area contributed by atoms with Crippen LogP contribution in [0.5, 0.6) is 0 Å². The van der Waals surface area contributed by atoms with E-state index >= 15 is 0 Å². The summed E-state index contributed by atoms with van der Waals surface area (Å²) in [6.45, 7) is 4.03. The number of amides is 2. The Kier molecular flexibility index (Phi) is 3.77. The highest BCUT2D eigenvalue weighted by atomic mass is 16.2. The van der Waals surface area contributed by atoms with Crippen LogP contribution >= 0.6 is 0 Å². The minimum absolute atomic E-state index is 0.00227. The van der Waals surface area contributed by atoms with Gasteiger partial charge in [-0.2, -0.15) is 0 Å². The highest BCUT2D eigenvalue weighted by Gasteiger charge is 2.25. The molecule has 0 saturated heterocycles. The van der Waals surface area contributed by atoms with Crippen LogP contribution in [-0.4, -0.2) is 24.9 Å². The van der Waals surface area contributed by atoms with Crippen LogP contribution in [0.4, 0.5) is 5.69 Å². The molecular formula is C14H16N2O2. The molecule has 0 bridgehead atoms. The van der Waals surface area contributed by atoms with Crippen molar-refractivity contribution in [3.8, 4) is 0 Å². The highest BCUT2D eigenvalue weighted by Crippen LogP contribution is 2.26. The van der Waals surface area contributed by atoms with Gasteiger partial charge >= 0.3 is 0 Å². The van der Waals surface area contributed by atoms with Crippen molar-refractivity contribution in [3.05, 3.63) is 42.5 Å². The van der Waals surface area contributed by atoms with Crippen LogP contribution in [0.15, 0.2) is 36.9 Å². The first-order chi connectivity index (χ1) is 8.72. The van der Waals surface area contributed by atoms with Gasteiger partial charge in [-0.3, -0.25) is 9.59 Å². The van der Waals surface area contributed by atoms with Gasteiger partial charge in [0, 0.05) is 18.7 Å². The minimum Gasteiger partial charge on any atom is -0.351 e. The molecule has 4 nitrogen and oxygen atoms in total. The average molecular weight is 244 g/mol. The summed E-state index contributed by atoms with van der Waals surface area (Å²) in [7, 11) is 0. The summed E-state index contributed by atoms with van der Waals surface area (Å²) >= 11 is 0. The zero-order chi connectivity index (χ0) is 13.0. The monoisotopic (exact) mass is 244 g/mol. The van der Waals surface area contributed by atoms with Crippen LogP contribution in [-0.2, 0) is 16.0 Å². The van der Waals surface area contributed by atoms with E-state index in [4.69, 9.17) is 0 Å². The van der Waals surface area contributed by atoms with Crippen LogP contribution in [0.2, 0.25) is 0 Å². The highest BCUT2D eigenvalue weighted by molar-refractivity contribution is 6.00. The lowest BCUT2D eigenvalue weighted by atomic mass is 10.0. The molecule has 0 unspecified atom stereocenters. The fourth-order valence-corrected chi connectivity index (χ4v) is 2.06. The van der Waals surface area contributed by atoms with Crippen molar-refractivity contribution >= 4 is 17.5 Å². The Bertz CT molecular complexity index is 482. The predicted octanol–water partition coefficient (Wildman–Crippen LogP) is 1.27. The molecule has 0 radical (unpaired) electrons. The maximum atomic E-state index is 11.9. The second-order valence-electron chi connectivity index (χ2n) is 4.20. The van der Waals surface area contributed by atoms with Crippen molar-refractivity contribution in [1.29, 1.82) is 0 Å².